The van der Waals surface area contributed by atoms with Crippen molar-refractivity contribution in [3.8, 4) is 11.5 Å². The Hall–Kier alpha value is -1.18. The van der Waals surface area contributed by atoms with Crippen molar-refractivity contribution in [3.63, 3.8) is 0 Å². The molecule has 0 bridgehead atoms. The molecule has 0 amide bonds. The Balaban J connectivity index is 3.13. The second kappa shape index (κ2) is 3.28. The van der Waals surface area contributed by atoms with Crippen LogP contribution in [0.15, 0.2) is 18.2 Å². The molecule has 0 saturated carbocycles. The molecule has 2 nitrogen and oxygen atoms in total. The van der Waals surface area contributed by atoms with E-state index < -0.39 is 0 Å². The predicted octanol–water partition coefficient (Wildman–Crippen LogP) is 1.97. The van der Waals surface area contributed by atoms with Crippen LogP contribution in [-0.2, 0) is 0 Å². The largest absolute Gasteiger partial charge is 0.508 e. The van der Waals surface area contributed by atoms with Gasteiger partial charge in [-0.05, 0) is 18.6 Å². The lowest BCUT2D eigenvalue weighted by molar-refractivity contribution is 0.404. The molecule has 1 radical (unpaired) electrons. The highest BCUT2D eigenvalue weighted by Gasteiger charge is 2.04. The zero-order valence-electron chi connectivity index (χ0n) is 6.66. The molecule has 0 unspecified atom stereocenters. The Bertz CT molecular complexity index is 243. The molecule has 11 heavy (non-hydrogen) atoms. The molecule has 1 N–H and O–H groups in total. The van der Waals surface area contributed by atoms with E-state index >= 15 is 0 Å². The first-order chi connectivity index (χ1) is 5.29. The molecule has 1 aromatic rings. The summed E-state index contributed by atoms with van der Waals surface area (Å²) >= 11 is 0. The quantitative estimate of drug-likeness (QED) is 0.700. The van der Waals surface area contributed by atoms with Crippen molar-refractivity contribution in [2.24, 2.45) is 0 Å². The van der Waals surface area contributed by atoms with Crippen LogP contribution in [0, 0.1) is 6.42 Å². The third kappa shape index (κ3) is 1.45. The van der Waals surface area contributed by atoms with Gasteiger partial charge in [-0.25, -0.2) is 0 Å². The molecule has 0 aromatic heterocycles. The van der Waals surface area contributed by atoms with Crippen LogP contribution < -0.4 is 4.74 Å². The standard InChI is InChI=1S/C9H11O2/c1-3-7-8(10)5-4-6-9(7)11-2/h3-6,10H,1-2H3. The number of hydrogen-bond acceptors (Lipinski definition) is 2. The number of phenolic OH excluding ortho intramolecular Hbond substituents is 1. The van der Waals surface area contributed by atoms with Crippen LogP contribution >= 0.6 is 0 Å². The monoisotopic (exact) mass is 151 g/mol. The molecule has 1 rings (SSSR count). The molecule has 0 saturated heterocycles. The summed E-state index contributed by atoms with van der Waals surface area (Å²) < 4.78 is 5.03. The average Bonchev–Trinajstić information content (AvgIpc) is 2.04. The number of aromatic hydroxyl groups is 1. The van der Waals surface area contributed by atoms with Crippen molar-refractivity contribution in [2.75, 3.05) is 7.11 Å². The van der Waals surface area contributed by atoms with Gasteiger partial charge in [0.2, 0.25) is 0 Å². The SMILES string of the molecule is C[CH]c1c(O)cccc1OC. The van der Waals surface area contributed by atoms with E-state index in [-0.39, 0.29) is 5.75 Å². The Morgan fingerprint density at radius 2 is 2.18 bits per heavy atom. The highest BCUT2D eigenvalue weighted by Crippen LogP contribution is 2.27. The van der Waals surface area contributed by atoms with Gasteiger partial charge in [0.05, 0.1) is 7.11 Å². The maximum absolute atomic E-state index is 9.31. The zero-order valence-corrected chi connectivity index (χ0v) is 6.66. The Labute approximate surface area is 66.4 Å². The fourth-order valence-electron chi connectivity index (χ4n) is 1.00. The number of benzene rings is 1. The minimum Gasteiger partial charge on any atom is -0.508 e. The van der Waals surface area contributed by atoms with Gasteiger partial charge < -0.3 is 9.84 Å². The Kier molecular flexibility index (Phi) is 2.36. The summed E-state index contributed by atoms with van der Waals surface area (Å²) in [5.41, 5.74) is 0.745. The van der Waals surface area contributed by atoms with Gasteiger partial charge in [-0.3, -0.25) is 0 Å². The highest BCUT2D eigenvalue weighted by atomic mass is 16.5. The van der Waals surface area contributed by atoms with E-state index in [1.807, 2.05) is 19.4 Å². The fraction of sp³-hybridized carbons (Fsp3) is 0.222. The highest BCUT2D eigenvalue weighted by molar-refractivity contribution is 5.47. The van der Waals surface area contributed by atoms with Gasteiger partial charge in [0, 0.05) is 5.56 Å². The minimum atomic E-state index is 0.256. The van der Waals surface area contributed by atoms with E-state index in [2.05, 4.69) is 0 Å². The maximum atomic E-state index is 9.31. The molecule has 0 aliphatic rings. The molecule has 0 aliphatic heterocycles. The first-order valence-corrected chi connectivity index (χ1v) is 3.45. The van der Waals surface area contributed by atoms with Gasteiger partial charge in [-0.2, -0.15) is 0 Å². The molecule has 1 aromatic carbocycles. The van der Waals surface area contributed by atoms with E-state index in [0.717, 1.165) is 5.56 Å². The summed E-state index contributed by atoms with van der Waals surface area (Å²) in [5.74, 6) is 0.958. The summed E-state index contributed by atoms with van der Waals surface area (Å²) in [5, 5.41) is 9.31. The van der Waals surface area contributed by atoms with Crippen LogP contribution in [-0.4, -0.2) is 12.2 Å². The maximum Gasteiger partial charge on any atom is 0.126 e. The van der Waals surface area contributed by atoms with E-state index in [1.165, 1.54) is 0 Å². The first-order valence-electron chi connectivity index (χ1n) is 3.45. The smallest absolute Gasteiger partial charge is 0.126 e. The topological polar surface area (TPSA) is 29.5 Å². The van der Waals surface area contributed by atoms with Crippen LogP contribution in [0.2, 0.25) is 0 Å². The molecule has 0 atom stereocenters. The summed E-state index contributed by atoms with van der Waals surface area (Å²) in [6.07, 6.45) is 1.81. The zero-order chi connectivity index (χ0) is 8.27. The molecule has 59 valence electrons. The minimum absolute atomic E-state index is 0.256. The summed E-state index contributed by atoms with van der Waals surface area (Å²) in [6.45, 7) is 1.86. The second-order valence-corrected chi connectivity index (χ2v) is 2.18. The predicted molar refractivity (Wildman–Crippen MR) is 43.7 cm³/mol. The molecule has 0 fully saturated rings. The van der Waals surface area contributed by atoms with Gasteiger partial charge in [-0.1, -0.05) is 13.0 Å². The van der Waals surface area contributed by atoms with E-state index in [9.17, 15) is 5.11 Å². The van der Waals surface area contributed by atoms with Gasteiger partial charge in [-0.15, -0.1) is 0 Å². The lowest BCUT2D eigenvalue weighted by Gasteiger charge is -2.06. The molecule has 0 aliphatic carbocycles. The number of phenols is 1. The third-order valence-electron chi connectivity index (χ3n) is 1.55. The van der Waals surface area contributed by atoms with Crippen LogP contribution in [0.5, 0.6) is 11.5 Å². The average molecular weight is 151 g/mol. The van der Waals surface area contributed by atoms with Gasteiger partial charge >= 0.3 is 0 Å². The van der Waals surface area contributed by atoms with Crippen LogP contribution in [0.3, 0.4) is 0 Å². The van der Waals surface area contributed by atoms with Crippen molar-refractivity contribution in [2.45, 2.75) is 6.92 Å². The van der Waals surface area contributed by atoms with Crippen molar-refractivity contribution in [1.82, 2.24) is 0 Å². The lowest BCUT2D eigenvalue weighted by atomic mass is 10.1. The van der Waals surface area contributed by atoms with Gasteiger partial charge in [0.1, 0.15) is 11.5 Å². The Morgan fingerprint density at radius 3 is 2.64 bits per heavy atom. The van der Waals surface area contributed by atoms with Gasteiger partial charge in [0.15, 0.2) is 0 Å². The van der Waals surface area contributed by atoms with Gasteiger partial charge in [0.25, 0.3) is 0 Å². The summed E-state index contributed by atoms with van der Waals surface area (Å²) in [6, 6.07) is 5.20. The lowest BCUT2D eigenvalue weighted by Crippen LogP contribution is -1.88. The second-order valence-electron chi connectivity index (χ2n) is 2.18. The van der Waals surface area contributed by atoms with Crippen LogP contribution in [0.1, 0.15) is 12.5 Å². The molecule has 0 spiro atoms. The number of rotatable bonds is 2. The Morgan fingerprint density at radius 1 is 1.45 bits per heavy atom. The molecule has 0 heterocycles. The molecular weight excluding hydrogens is 140 g/mol. The van der Waals surface area contributed by atoms with E-state index in [1.54, 1.807) is 19.2 Å². The molecule has 2 heteroatoms. The molecular formula is C9H11O2. The van der Waals surface area contributed by atoms with Crippen molar-refractivity contribution >= 4 is 0 Å². The fourth-order valence-corrected chi connectivity index (χ4v) is 1.00. The van der Waals surface area contributed by atoms with Crippen molar-refractivity contribution < 1.29 is 9.84 Å². The van der Waals surface area contributed by atoms with Crippen molar-refractivity contribution in [1.29, 1.82) is 0 Å². The third-order valence-corrected chi connectivity index (χ3v) is 1.55. The van der Waals surface area contributed by atoms with Crippen molar-refractivity contribution in [3.05, 3.63) is 30.2 Å². The summed E-state index contributed by atoms with van der Waals surface area (Å²) in [4.78, 5) is 0. The van der Waals surface area contributed by atoms with Crippen LogP contribution in [0.4, 0.5) is 0 Å². The number of methoxy groups -OCH3 is 1. The summed E-state index contributed by atoms with van der Waals surface area (Å²) in [7, 11) is 1.59. The van der Waals surface area contributed by atoms with E-state index in [4.69, 9.17) is 4.74 Å². The number of ether oxygens (including phenoxy) is 1. The normalized spacial score (nSPS) is 9.64. The number of hydrogen-bond donors (Lipinski definition) is 1. The van der Waals surface area contributed by atoms with Crippen LogP contribution in [0.25, 0.3) is 0 Å². The van der Waals surface area contributed by atoms with E-state index in [0.29, 0.717) is 5.75 Å². The first kappa shape index (κ1) is 7.92.